The first kappa shape index (κ1) is 15.9. The van der Waals surface area contributed by atoms with Gasteiger partial charge in [-0.2, -0.15) is 0 Å². The van der Waals surface area contributed by atoms with Crippen molar-refractivity contribution >= 4 is 11.8 Å². The van der Waals surface area contributed by atoms with Crippen molar-refractivity contribution in [3.05, 3.63) is 35.6 Å². The average Bonchev–Trinajstić information content (AvgIpc) is 3.40. The number of amides is 2. The summed E-state index contributed by atoms with van der Waals surface area (Å²) in [7, 11) is 0. The van der Waals surface area contributed by atoms with Crippen molar-refractivity contribution < 1.29 is 14.0 Å². The van der Waals surface area contributed by atoms with E-state index in [1.807, 2.05) is 4.90 Å². The van der Waals surface area contributed by atoms with E-state index in [1.165, 1.54) is 37.1 Å². The highest BCUT2D eigenvalue weighted by Crippen LogP contribution is 2.27. The predicted molar refractivity (Wildman–Crippen MR) is 84.5 cm³/mol. The van der Waals surface area contributed by atoms with Crippen LogP contribution in [0.1, 0.15) is 29.6 Å². The lowest BCUT2D eigenvalue weighted by atomic mass is 10.2. The highest BCUT2D eigenvalue weighted by atomic mass is 19.1. The summed E-state index contributed by atoms with van der Waals surface area (Å²) in [5.41, 5.74) is 0.400. The number of halogens is 1. The van der Waals surface area contributed by atoms with E-state index in [0.717, 1.165) is 32.2 Å². The van der Waals surface area contributed by atoms with E-state index in [2.05, 4.69) is 10.2 Å². The van der Waals surface area contributed by atoms with Crippen molar-refractivity contribution in [2.24, 2.45) is 0 Å². The van der Waals surface area contributed by atoms with Crippen LogP contribution in [-0.4, -0.2) is 60.4 Å². The van der Waals surface area contributed by atoms with E-state index in [4.69, 9.17) is 0 Å². The number of nitrogens with zero attached hydrogens (tertiary/aromatic N) is 2. The van der Waals surface area contributed by atoms with Gasteiger partial charge in [-0.1, -0.05) is 0 Å². The molecule has 5 nitrogen and oxygen atoms in total. The topological polar surface area (TPSA) is 52.7 Å². The molecule has 1 aliphatic heterocycles. The zero-order valence-corrected chi connectivity index (χ0v) is 13.1. The quantitative estimate of drug-likeness (QED) is 0.889. The Morgan fingerprint density at radius 2 is 1.74 bits per heavy atom. The summed E-state index contributed by atoms with van der Waals surface area (Å²) in [6, 6.07) is 6.12. The van der Waals surface area contributed by atoms with Crippen LogP contribution in [0.3, 0.4) is 0 Å². The maximum absolute atomic E-state index is 12.8. The fourth-order valence-electron chi connectivity index (χ4n) is 2.92. The molecule has 0 unspecified atom stereocenters. The highest BCUT2D eigenvalue weighted by molar-refractivity contribution is 5.94. The minimum absolute atomic E-state index is 0.0832. The van der Waals surface area contributed by atoms with Gasteiger partial charge in [0, 0.05) is 50.7 Å². The van der Waals surface area contributed by atoms with Crippen LogP contribution in [-0.2, 0) is 4.79 Å². The molecule has 3 rings (SSSR count). The molecule has 0 aromatic heterocycles. The summed E-state index contributed by atoms with van der Waals surface area (Å²) in [5.74, 6) is -0.571. The second-order valence-electron chi connectivity index (χ2n) is 6.16. The fourth-order valence-corrected chi connectivity index (χ4v) is 2.92. The smallest absolute Gasteiger partial charge is 0.251 e. The Kier molecular flexibility index (Phi) is 4.91. The molecule has 1 N–H and O–H groups in total. The average molecular weight is 319 g/mol. The van der Waals surface area contributed by atoms with E-state index in [9.17, 15) is 14.0 Å². The van der Waals surface area contributed by atoms with Gasteiger partial charge in [-0.05, 0) is 37.1 Å². The third-order valence-corrected chi connectivity index (χ3v) is 4.46. The van der Waals surface area contributed by atoms with Crippen LogP contribution < -0.4 is 5.32 Å². The standard InChI is InChI=1S/C17H22FN3O2/c18-14-3-1-13(2-4-14)17(23)19-8-7-16(22)21-11-9-20(10-12-21)15-5-6-15/h1-4,15H,5-12H2,(H,19,23). The van der Waals surface area contributed by atoms with Gasteiger partial charge in [0.05, 0.1) is 0 Å². The Morgan fingerprint density at radius 3 is 2.35 bits per heavy atom. The number of piperazine rings is 1. The lowest BCUT2D eigenvalue weighted by Gasteiger charge is -2.34. The molecule has 0 bridgehead atoms. The molecule has 124 valence electrons. The Balaban J connectivity index is 1.37. The van der Waals surface area contributed by atoms with E-state index < -0.39 is 0 Å². The number of benzene rings is 1. The number of rotatable bonds is 5. The van der Waals surface area contributed by atoms with Gasteiger partial charge in [0.15, 0.2) is 0 Å². The van der Waals surface area contributed by atoms with Crippen LogP contribution in [0.5, 0.6) is 0 Å². The molecule has 1 aromatic rings. The predicted octanol–water partition coefficient (Wildman–Crippen LogP) is 1.25. The molecule has 1 saturated heterocycles. The number of nitrogens with one attached hydrogen (secondary N) is 1. The number of carbonyl (C=O) groups is 2. The first-order valence-corrected chi connectivity index (χ1v) is 8.19. The zero-order valence-electron chi connectivity index (χ0n) is 13.1. The molecule has 23 heavy (non-hydrogen) atoms. The molecule has 2 amide bonds. The molecule has 1 aromatic carbocycles. The SMILES string of the molecule is O=C(NCCC(=O)N1CCN(C2CC2)CC1)c1ccc(F)cc1. The van der Waals surface area contributed by atoms with Crippen LogP contribution in [0, 0.1) is 5.82 Å². The molecular formula is C17H22FN3O2. The third-order valence-electron chi connectivity index (χ3n) is 4.46. The summed E-state index contributed by atoms with van der Waals surface area (Å²) in [5, 5.41) is 2.71. The van der Waals surface area contributed by atoms with Gasteiger partial charge >= 0.3 is 0 Å². The van der Waals surface area contributed by atoms with Gasteiger partial charge in [0.2, 0.25) is 5.91 Å². The maximum Gasteiger partial charge on any atom is 0.251 e. The van der Waals surface area contributed by atoms with Crippen LogP contribution in [0.2, 0.25) is 0 Å². The van der Waals surface area contributed by atoms with E-state index in [1.54, 1.807) is 0 Å². The largest absolute Gasteiger partial charge is 0.352 e. The Morgan fingerprint density at radius 1 is 1.09 bits per heavy atom. The van der Waals surface area contributed by atoms with Gasteiger partial charge in [0.25, 0.3) is 5.91 Å². The minimum atomic E-state index is -0.373. The second-order valence-corrected chi connectivity index (χ2v) is 6.16. The van der Waals surface area contributed by atoms with Crippen LogP contribution in [0.15, 0.2) is 24.3 Å². The first-order chi connectivity index (χ1) is 11.1. The number of hydrogen-bond donors (Lipinski definition) is 1. The summed E-state index contributed by atoms with van der Waals surface area (Å²) in [6.07, 6.45) is 2.89. The van der Waals surface area contributed by atoms with E-state index >= 15 is 0 Å². The summed E-state index contributed by atoms with van der Waals surface area (Å²) in [4.78, 5) is 28.4. The fraction of sp³-hybridized carbons (Fsp3) is 0.529. The lowest BCUT2D eigenvalue weighted by Crippen LogP contribution is -2.49. The molecule has 1 saturated carbocycles. The molecule has 1 aliphatic carbocycles. The molecule has 6 heteroatoms. The zero-order chi connectivity index (χ0) is 16.2. The molecule has 0 radical (unpaired) electrons. The van der Waals surface area contributed by atoms with E-state index in [-0.39, 0.29) is 17.6 Å². The van der Waals surface area contributed by atoms with Crippen molar-refractivity contribution in [3.8, 4) is 0 Å². The van der Waals surface area contributed by atoms with Crippen molar-refractivity contribution in [3.63, 3.8) is 0 Å². The van der Waals surface area contributed by atoms with Gasteiger partial charge in [-0.15, -0.1) is 0 Å². The number of carbonyl (C=O) groups excluding carboxylic acids is 2. The van der Waals surface area contributed by atoms with Crippen molar-refractivity contribution in [2.75, 3.05) is 32.7 Å². The van der Waals surface area contributed by atoms with Gasteiger partial charge < -0.3 is 10.2 Å². The van der Waals surface area contributed by atoms with Gasteiger partial charge in [0.1, 0.15) is 5.82 Å². The molecular weight excluding hydrogens is 297 g/mol. The molecule has 0 spiro atoms. The maximum atomic E-state index is 12.8. The molecule has 1 heterocycles. The lowest BCUT2D eigenvalue weighted by molar-refractivity contribution is -0.132. The summed E-state index contributed by atoms with van der Waals surface area (Å²) >= 11 is 0. The molecule has 0 atom stereocenters. The molecule has 2 fully saturated rings. The van der Waals surface area contributed by atoms with Crippen LogP contribution in [0.4, 0.5) is 4.39 Å². The third kappa shape index (κ3) is 4.28. The Hall–Kier alpha value is -1.95. The van der Waals surface area contributed by atoms with Gasteiger partial charge in [-0.3, -0.25) is 14.5 Å². The first-order valence-electron chi connectivity index (χ1n) is 8.19. The van der Waals surface area contributed by atoms with Crippen LogP contribution >= 0.6 is 0 Å². The minimum Gasteiger partial charge on any atom is -0.352 e. The van der Waals surface area contributed by atoms with E-state index in [0.29, 0.717) is 18.5 Å². The van der Waals surface area contributed by atoms with Crippen molar-refractivity contribution in [2.45, 2.75) is 25.3 Å². The normalized spacial score (nSPS) is 18.7. The van der Waals surface area contributed by atoms with Gasteiger partial charge in [-0.25, -0.2) is 4.39 Å². The summed E-state index contributed by atoms with van der Waals surface area (Å²) < 4.78 is 12.8. The Labute approximate surface area is 135 Å². The molecule has 2 aliphatic rings. The monoisotopic (exact) mass is 319 g/mol. The highest BCUT2D eigenvalue weighted by Gasteiger charge is 2.32. The van der Waals surface area contributed by atoms with Crippen molar-refractivity contribution in [1.82, 2.24) is 15.1 Å². The van der Waals surface area contributed by atoms with Crippen LogP contribution in [0.25, 0.3) is 0 Å². The van der Waals surface area contributed by atoms with Crippen molar-refractivity contribution in [1.29, 1.82) is 0 Å². The second kappa shape index (κ2) is 7.08. The number of hydrogen-bond acceptors (Lipinski definition) is 3. The summed E-state index contributed by atoms with van der Waals surface area (Å²) in [6.45, 7) is 3.77. The Bertz CT molecular complexity index is 564.